The summed E-state index contributed by atoms with van der Waals surface area (Å²) in [6.07, 6.45) is 2.06. The van der Waals surface area contributed by atoms with Gasteiger partial charge >= 0.3 is 0 Å². The molecule has 0 bridgehead atoms. The van der Waals surface area contributed by atoms with E-state index in [1.807, 2.05) is 25.1 Å². The summed E-state index contributed by atoms with van der Waals surface area (Å²) in [6, 6.07) is 15.4. The van der Waals surface area contributed by atoms with Crippen molar-refractivity contribution < 1.29 is 4.79 Å². The summed E-state index contributed by atoms with van der Waals surface area (Å²) in [5, 5.41) is 6.00. The van der Waals surface area contributed by atoms with E-state index in [0.29, 0.717) is 11.4 Å². The number of aryl methyl sites for hydroxylation is 2. The van der Waals surface area contributed by atoms with E-state index in [0.717, 1.165) is 18.5 Å². The third-order valence-corrected chi connectivity index (χ3v) is 3.37. The van der Waals surface area contributed by atoms with Crippen LogP contribution in [0.15, 0.2) is 60.9 Å². The summed E-state index contributed by atoms with van der Waals surface area (Å²) in [6.45, 7) is 8.10. The quantitative estimate of drug-likeness (QED) is 0.835. The molecule has 114 valence electrons. The molecule has 2 aromatic rings. The lowest BCUT2D eigenvalue weighted by atomic mass is 10.1. The number of hydrogen-bond donors (Lipinski definition) is 2. The first-order valence-electron chi connectivity index (χ1n) is 7.52. The van der Waals surface area contributed by atoms with Gasteiger partial charge < -0.3 is 10.6 Å². The molecular weight excluding hydrogens is 272 g/mol. The first kappa shape index (κ1) is 15.8. The van der Waals surface area contributed by atoms with Gasteiger partial charge in [-0.15, -0.1) is 0 Å². The van der Waals surface area contributed by atoms with Crippen molar-refractivity contribution in [1.29, 1.82) is 0 Å². The van der Waals surface area contributed by atoms with Crippen LogP contribution in [0.3, 0.4) is 0 Å². The van der Waals surface area contributed by atoms with Crippen LogP contribution in [0.2, 0.25) is 0 Å². The van der Waals surface area contributed by atoms with Crippen molar-refractivity contribution in [3.63, 3.8) is 0 Å². The lowest BCUT2D eigenvalue weighted by Gasteiger charge is -2.15. The van der Waals surface area contributed by atoms with Crippen LogP contribution in [-0.2, 0) is 6.42 Å². The maximum atomic E-state index is 12.1. The number of benzene rings is 2. The fraction of sp³-hybridized carbons (Fsp3) is 0.211. The zero-order chi connectivity index (χ0) is 15.9. The second-order valence-electron chi connectivity index (χ2n) is 5.33. The van der Waals surface area contributed by atoms with E-state index >= 15 is 0 Å². The zero-order valence-corrected chi connectivity index (χ0v) is 13.1. The topological polar surface area (TPSA) is 41.1 Å². The average Bonchev–Trinajstić information content (AvgIpc) is 2.51. The number of nitrogens with one attached hydrogen (secondary N) is 2. The van der Waals surface area contributed by atoms with Gasteiger partial charge in [0.25, 0.3) is 5.91 Å². The van der Waals surface area contributed by atoms with Crippen molar-refractivity contribution in [1.82, 2.24) is 5.32 Å². The fourth-order valence-corrected chi connectivity index (χ4v) is 2.29. The summed E-state index contributed by atoms with van der Waals surface area (Å²) >= 11 is 0. The standard InChI is InChI=1S/C19H22N2O/c1-4-8-16-12-11-14(2)13-18(16)20-15(3)21-19(22)17-9-6-5-7-10-17/h5-7,9-13,20H,3-4,8H2,1-2H3,(H,21,22). The predicted molar refractivity (Wildman–Crippen MR) is 91.8 cm³/mol. The van der Waals surface area contributed by atoms with E-state index in [9.17, 15) is 4.79 Å². The number of carbonyl (C=O) groups excluding carboxylic acids is 1. The third-order valence-electron chi connectivity index (χ3n) is 3.37. The molecular formula is C19H22N2O. The number of amides is 1. The molecule has 1 amide bonds. The molecule has 2 N–H and O–H groups in total. The van der Waals surface area contributed by atoms with Crippen molar-refractivity contribution in [3.8, 4) is 0 Å². The maximum absolute atomic E-state index is 12.1. The Morgan fingerprint density at radius 1 is 1.14 bits per heavy atom. The summed E-state index contributed by atoms with van der Waals surface area (Å²) in [7, 11) is 0. The molecule has 22 heavy (non-hydrogen) atoms. The van der Waals surface area contributed by atoms with Crippen LogP contribution >= 0.6 is 0 Å². The zero-order valence-electron chi connectivity index (χ0n) is 13.1. The van der Waals surface area contributed by atoms with E-state index in [-0.39, 0.29) is 5.91 Å². The summed E-state index contributed by atoms with van der Waals surface area (Å²) < 4.78 is 0. The largest absolute Gasteiger partial charge is 0.342 e. The lowest BCUT2D eigenvalue weighted by molar-refractivity contribution is 0.0966. The van der Waals surface area contributed by atoms with E-state index in [2.05, 4.69) is 42.3 Å². The molecule has 0 unspecified atom stereocenters. The van der Waals surface area contributed by atoms with E-state index < -0.39 is 0 Å². The van der Waals surface area contributed by atoms with Crippen molar-refractivity contribution in [2.24, 2.45) is 0 Å². The molecule has 0 fully saturated rings. The first-order valence-corrected chi connectivity index (χ1v) is 7.52. The molecule has 0 saturated carbocycles. The third kappa shape index (κ3) is 4.22. The smallest absolute Gasteiger partial charge is 0.256 e. The molecule has 0 atom stereocenters. The molecule has 0 heterocycles. The van der Waals surface area contributed by atoms with Gasteiger partial charge in [0.2, 0.25) is 0 Å². The van der Waals surface area contributed by atoms with Crippen LogP contribution in [0.4, 0.5) is 5.69 Å². The predicted octanol–water partition coefficient (Wildman–Crippen LogP) is 4.26. The molecule has 0 aliphatic carbocycles. The number of anilines is 1. The Labute approximate surface area is 132 Å². The molecule has 0 radical (unpaired) electrons. The molecule has 2 aromatic carbocycles. The summed E-state index contributed by atoms with van der Waals surface area (Å²) in [4.78, 5) is 12.1. The van der Waals surface area contributed by atoms with Gasteiger partial charge in [0, 0.05) is 11.3 Å². The minimum atomic E-state index is -0.164. The molecule has 2 rings (SSSR count). The van der Waals surface area contributed by atoms with Crippen LogP contribution in [0.1, 0.15) is 34.8 Å². The fourth-order valence-electron chi connectivity index (χ4n) is 2.29. The highest BCUT2D eigenvalue weighted by atomic mass is 16.1. The van der Waals surface area contributed by atoms with Crippen LogP contribution in [0, 0.1) is 6.92 Å². The van der Waals surface area contributed by atoms with Gasteiger partial charge in [-0.25, -0.2) is 0 Å². The molecule has 3 heteroatoms. The van der Waals surface area contributed by atoms with Crippen LogP contribution in [-0.4, -0.2) is 5.91 Å². The van der Waals surface area contributed by atoms with E-state index in [4.69, 9.17) is 0 Å². The minimum absolute atomic E-state index is 0.164. The average molecular weight is 294 g/mol. The second kappa shape index (κ2) is 7.46. The highest BCUT2D eigenvalue weighted by Crippen LogP contribution is 2.20. The highest BCUT2D eigenvalue weighted by molar-refractivity contribution is 5.95. The summed E-state index contributed by atoms with van der Waals surface area (Å²) in [5.74, 6) is 0.319. The van der Waals surface area contributed by atoms with Gasteiger partial charge in [-0.2, -0.15) is 0 Å². The Morgan fingerprint density at radius 3 is 2.55 bits per heavy atom. The normalized spacial score (nSPS) is 10.1. The Bertz CT molecular complexity index is 662. The van der Waals surface area contributed by atoms with Crippen LogP contribution in [0.5, 0.6) is 0 Å². The number of carbonyl (C=O) groups is 1. The van der Waals surface area contributed by atoms with Gasteiger partial charge in [-0.3, -0.25) is 4.79 Å². The van der Waals surface area contributed by atoms with Gasteiger partial charge in [-0.05, 0) is 42.7 Å². The van der Waals surface area contributed by atoms with Crippen LogP contribution in [0.25, 0.3) is 0 Å². The van der Waals surface area contributed by atoms with E-state index in [1.165, 1.54) is 11.1 Å². The van der Waals surface area contributed by atoms with Crippen molar-refractivity contribution in [2.75, 3.05) is 5.32 Å². The molecule has 0 aromatic heterocycles. The van der Waals surface area contributed by atoms with Gasteiger partial charge in [-0.1, -0.05) is 50.3 Å². The van der Waals surface area contributed by atoms with E-state index in [1.54, 1.807) is 12.1 Å². The van der Waals surface area contributed by atoms with Crippen LogP contribution < -0.4 is 10.6 Å². The molecule has 3 nitrogen and oxygen atoms in total. The van der Waals surface area contributed by atoms with Gasteiger partial charge in [0.15, 0.2) is 0 Å². The first-order chi connectivity index (χ1) is 10.6. The molecule has 0 saturated heterocycles. The number of hydrogen-bond acceptors (Lipinski definition) is 2. The summed E-state index contributed by atoms with van der Waals surface area (Å²) in [5.41, 5.74) is 4.01. The monoisotopic (exact) mass is 294 g/mol. The minimum Gasteiger partial charge on any atom is -0.342 e. The molecule has 0 aliphatic rings. The Morgan fingerprint density at radius 2 is 1.86 bits per heavy atom. The Hall–Kier alpha value is -2.55. The highest BCUT2D eigenvalue weighted by Gasteiger charge is 2.08. The Balaban J connectivity index is 2.06. The molecule has 0 spiro atoms. The Kier molecular flexibility index (Phi) is 5.37. The second-order valence-corrected chi connectivity index (χ2v) is 5.33. The molecule has 0 aliphatic heterocycles. The SMILES string of the molecule is C=C(NC(=O)c1ccccc1)Nc1cc(C)ccc1CCC. The van der Waals surface area contributed by atoms with Crippen molar-refractivity contribution in [3.05, 3.63) is 77.6 Å². The lowest BCUT2D eigenvalue weighted by Crippen LogP contribution is -2.26. The number of rotatable bonds is 6. The van der Waals surface area contributed by atoms with Gasteiger partial charge in [0.05, 0.1) is 0 Å². The maximum Gasteiger partial charge on any atom is 0.256 e. The van der Waals surface area contributed by atoms with Crippen molar-refractivity contribution >= 4 is 11.6 Å². The van der Waals surface area contributed by atoms with Gasteiger partial charge in [0.1, 0.15) is 5.82 Å². The van der Waals surface area contributed by atoms with Crippen molar-refractivity contribution in [2.45, 2.75) is 26.7 Å².